The number of carbonyl (C=O) groups is 1. The van der Waals surface area contributed by atoms with Crippen LogP contribution in [0.3, 0.4) is 0 Å². The third-order valence-corrected chi connectivity index (χ3v) is 6.27. The van der Waals surface area contributed by atoms with Gasteiger partial charge in [-0.15, -0.1) is 0 Å². The maximum atomic E-state index is 14.1. The van der Waals surface area contributed by atoms with Crippen LogP contribution in [0.5, 0.6) is 5.75 Å². The van der Waals surface area contributed by atoms with Crippen LogP contribution in [0.2, 0.25) is 0 Å². The smallest absolute Gasteiger partial charge is 0.258 e. The molecule has 30 heavy (non-hydrogen) atoms. The summed E-state index contributed by atoms with van der Waals surface area (Å²) < 4.78 is 54.6. The number of phenolic OH excluding ortho intramolecular Hbond substituents is 1. The van der Waals surface area contributed by atoms with Crippen molar-refractivity contribution in [3.63, 3.8) is 0 Å². The van der Waals surface area contributed by atoms with E-state index in [1.807, 2.05) is 0 Å². The van der Waals surface area contributed by atoms with Crippen LogP contribution in [0.1, 0.15) is 28.4 Å². The number of halogens is 2. The van der Waals surface area contributed by atoms with Gasteiger partial charge in [-0.25, -0.2) is 17.2 Å². The molecule has 156 valence electrons. The Kier molecular flexibility index (Phi) is 4.81. The summed E-state index contributed by atoms with van der Waals surface area (Å²) in [5, 5.41) is 11.0. The second-order valence-corrected chi connectivity index (χ2v) is 8.89. The zero-order valence-corrected chi connectivity index (χ0v) is 16.6. The molecule has 0 atom stereocenters. The van der Waals surface area contributed by atoms with Crippen LogP contribution < -0.4 is 4.72 Å². The number of nitrogens with one attached hydrogen (secondary N) is 1. The molecular formula is C20H17F2N3O4S. The predicted molar refractivity (Wildman–Crippen MR) is 106 cm³/mol. The zero-order chi connectivity index (χ0) is 21.6. The molecule has 0 aliphatic carbocycles. The number of fused-ring (bicyclic) bond motifs is 2. The maximum Gasteiger partial charge on any atom is 0.258 e. The summed E-state index contributed by atoms with van der Waals surface area (Å²) in [5.74, 6) is -2.54. The Labute approximate surface area is 171 Å². The monoisotopic (exact) mass is 433 g/mol. The van der Waals surface area contributed by atoms with E-state index >= 15 is 0 Å². The molecule has 2 N–H and O–H groups in total. The standard InChI is InChI=1S/C20H17F2N3O4S/c1-2-30(28,29)24-17-13-4-3-7-23-18(13)19(26)16-14(17)10-25(20(16)27)9-11-8-12(21)5-6-15(11)22/h3-8,24,26H,2,9-10H2,1H3. The number of rotatable bonds is 5. The third-order valence-electron chi connectivity index (χ3n) is 5.00. The minimum absolute atomic E-state index is 0.0333. The van der Waals surface area contributed by atoms with Gasteiger partial charge in [0.05, 0.1) is 17.0 Å². The van der Waals surface area contributed by atoms with Crippen LogP contribution in [0.4, 0.5) is 14.5 Å². The van der Waals surface area contributed by atoms with Crippen molar-refractivity contribution in [1.29, 1.82) is 0 Å². The van der Waals surface area contributed by atoms with Crippen molar-refractivity contribution in [1.82, 2.24) is 9.88 Å². The van der Waals surface area contributed by atoms with Gasteiger partial charge in [-0.2, -0.15) is 0 Å². The minimum atomic E-state index is -3.70. The molecule has 1 aliphatic rings. The third kappa shape index (κ3) is 3.32. The van der Waals surface area contributed by atoms with Gasteiger partial charge in [0.25, 0.3) is 5.91 Å². The number of phenols is 1. The van der Waals surface area contributed by atoms with E-state index in [0.717, 1.165) is 18.2 Å². The van der Waals surface area contributed by atoms with Crippen molar-refractivity contribution >= 4 is 32.5 Å². The molecule has 0 radical (unpaired) electrons. The molecule has 0 saturated heterocycles. The summed E-state index contributed by atoms with van der Waals surface area (Å²) in [6.07, 6.45) is 1.41. The lowest BCUT2D eigenvalue weighted by molar-refractivity contribution is 0.0763. The van der Waals surface area contributed by atoms with Crippen molar-refractivity contribution in [2.24, 2.45) is 0 Å². The highest BCUT2D eigenvalue weighted by atomic mass is 32.2. The Morgan fingerprint density at radius 3 is 2.77 bits per heavy atom. The van der Waals surface area contributed by atoms with Crippen LogP contribution in [0.15, 0.2) is 36.5 Å². The normalized spacial score (nSPS) is 13.7. The van der Waals surface area contributed by atoms with Crippen molar-refractivity contribution < 1.29 is 27.1 Å². The largest absolute Gasteiger partial charge is 0.505 e. The second-order valence-electron chi connectivity index (χ2n) is 6.88. The minimum Gasteiger partial charge on any atom is -0.505 e. The van der Waals surface area contributed by atoms with Crippen LogP contribution >= 0.6 is 0 Å². The molecule has 1 aliphatic heterocycles. The Hall–Kier alpha value is -3.27. The molecular weight excluding hydrogens is 416 g/mol. The summed E-state index contributed by atoms with van der Waals surface area (Å²) >= 11 is 0. The fourth-order valence-corrected chi connectivity index (χ4v) is 4.18. The number of sulfonamides is 1. The Morgan fingerprint density at radius 2 is 2.03 bits per heavy atom. The lowest BCUT2D eigenvalue weighted by Gasteiger charge is -2.17. The lowest BCUT2D eigenvalue weighted by Crippen LogP contribution is -2.24. The summed E-state index contributed by atoms with van der Waals surface area (Å²) in [5.41, 5.74) is 0.327. The van der Waals surface area contributed by atoms with Gasteiger partial charge in [-0.1, -0.05) is 0 Å². The quantitative estimate of drug-likeness (QED) is 0.603. The average Bonchev–Trinajstić information content (AvgIpc) is 3.04. The van der Waals surface area contributed by atoms with E-state index in [4.69, 9.17) is 0 Å². The Morgan fingerprint density at radius 1 is 1.27 bits per heavy atom. The van der Waals surface area contributed by atoms with E-state index in [0.29, 0.717) is 5.39 Å². The number of aromatic nitrogens is 1. The van der Waals surface area contributed by atoms with E-state index in [1.54, 1.807) is 12.1 Å². The highest BCUT2D eigenvalue weighted by molar-refractivity contribution is 7.92. The average molecular weight is 433 g/mol. The molecule has 2 heterocycles. The lowest BCUT2D eigenvalue weighted by atomic mass is 10.0. The Balaban J connectivity index is 1.85. The van der Waals surface area contributed by atoms with Crippen molar-refractivity contribution in [3.05, 3.63) is 64.9 Å². The van der Waals surface area contributed by atoms with E-state index in [1.165, 1.54) is 18.0 Å². The number of hydrogen-bond donors (Lipinski definition) is 2. The fraction of sp³-hybridized carbons (Fsp3) is 0.200. The first-order chi connectivity index (χ1) is 14.2. The van der Waals surface area contributed by atoms with E-state index in [-0.39, 0.29) is 52.5 Å². The molecule has 1 amide bonds. The summed E-state index contributed by atoms with van der Waals surface area (Å²) in [6, 6.07) is 6.09. The molecule has 0 saturated carbocycles. The van der Waals surface area contributed by atoms with Gasteiger partial charge in [-0.3, -0.25) is 14.5 Å². The summed E-state index contributed by atoms with van der Waals surface area (Å²) in [7, 11) is -3.70. The van der Waals surface area contributed by atoms with Gasteiger partial charge in [0.1, 0.15) is 17.2 Å². The van der Waals surface area contributed by atoms with E-state index in [9.17, 15) is 27.1 Å². The summed E-state index contributed by atoms with van der Waals surface area (Å²) in [4.78, 5) is 18.3. The first kappa shape index (κ1) is 20.0. The van der Waals surface area contributed by atoms with Gasteiger partial charge in [0, 0.05) is 35.8 Å². The zero-order valence-electron chi connectivity index (χ0n) is 15.8. The van der Waals surface area contributed by atoms with Crippen LogP contribution in [0, 0.1) is 11.6 Å². The van der Waals surface area contributed by atoms with Crippen molar-refractivity contribution in [2.45, 2.75) is 20.0 Å². The van der Waals surface area contributed by atoms with Crippen LogP contribution in [-0.4, -0.2) is 35.1 Å². The molecule has 7 nitrogen and oxygen atoms in total. The maximum absolute atomic E-state index is 14.1. The molecule has 0 bridgehead atoms. The van der Waals surface area contributed by atoms with Crippen LogP contribution in [-0.2, 0) is 23.1 Å². The van der Waals surface area contributed by atoms with Gasteiger partial charge in [0.15, 0.2) is 5.75 Å². The van der Waals surface area contributed by atoms with Gasteiger partial charge in [0.2, 0.25) is 10.0 Å². The molecule has 3 aromatic rings. The van der Waals surface area contributed by atoms with Gasteiger partial charge < -0.3 is 10.0 Å². The van der Waals surface area contributed by atoms with Crippen LogP contribution in [0.25, 0.3) is 10.9 Å². The number of benzene rings is 2. The topological polar surface area (TPSA) is 99.6 Å². The number of carbonyl (C=O) groups excluding carboxylic acids is 1. The number of amides is 1. The summed E-state index contributed by atoms with van der Waals surface area (Å²) in [6.45, 7) is 1.12. The fourth-order valence-electron chi connectivity index (χ4n) is 3.50. The first-order valence-corrected chi connectivity index (χ1v) is 10.7. The highest BCUT2D eigenvalue weighted by Crippen LogP contribution is 2.43. The molecule has 2 aromatic carbocycles. The number of aromatic hydroxyl groups is 1. The Bertz CT molecular complexity index is 1290. The first-order valence-electron chi connectivity index (χ1n) is 9.08. The SMILES string of the molecule is CCS(=O)(=O)Nc1c2c(c(O)c3ncccc13)C(=O)N(Cc1cc(F)ccc1F)C2. The number of nitrogens with zero attached hydrogens (tertiary/aromatic N) is 2. The number of hydrogen-bond acceptors (Lipinski definition) is 5. The van der Waals surface area contributed by atoms with Gasteiger partial charge >= 0.3 is 0 Å². The molecule has 10 heteroatoms. The van der Waals surface area contributed by atoms with E-state index in [2.05, 4.69) is 9.71 Å². The number of pyridine rings is 1. The molecule has 0 fully saturated rings. The molecule has 0 unspecified atom stereocenters. The molecule has 4 rings (SSSR count). The number of anilines is 1. The van der Waals surface area contributed by atoms with E-state index < -0.39 is 27.6 Å². The molecule has 0 spiro atoms. The second kappa shape index (κ2) is 7.21. The molecule has 1 aromatic heterocycles. The predicted octanol–water partition coefficient (Wildman–Crippen LogP) is 3.14. The van der Waals surface area contributed by atoms with Crippen molar-refractivity contribution in [2.75, 3.05) is 10.5 Å². The van der Waals surface area contributed by atoms with Gasteiger partial charge in [-0.05, 0) is 37.3 Å². The highest BCUT2D eigenvalue weighted by Gasteiger charge is 2.36. The van der Waals surface area contributed by atoms with Crippen molar-refractivity contribution in [3.8, 4) is 5.75 Å².